The molecule has 0 spiro atoms. The first-order chi connectivity index (χ1) is 12.3. The average Bonchev–Trinajstić information content (AvgIpc) is 2.60. The Morgan fingerprint density at radius 3 is 2.73 bits per heavy atom. The van der Waals surface area contributed by atoms with Crippen molar-refractivity contribution < 1.29 is 17.9 Å². The van der Waals surface area contributed by atoms with E-state index in [9.17, 15) is 13.2 Å². The van der Waals surface area contributed by atoms with Gasteiger partial charge in [-0.15, -0.1) is 0 Å². The molecule has 0 aromatic carbocycles. The number of nitrogens with zero attached hydrogens (tertiary/aromatic N) is 3. The monoisotopic (exact) mass is 386 g/mol. The highest BCUT2D eigenvalue weighted by Crippen LogP contribution is 2.32. The van der Waals surface area contributed by atoms with Crippen molar-refractivity contribution in [3.8, 4) is 0 Å². The summed E-state index contributed by atoms with van der Waals surface area (Å²) in [7, 11) is 0. The van der Waals surface area contributed by atoms with E-state index in [1.807, 2.05) is 19.1 Å². The number of hydrogen-bond donors (Lipinski definition) is 1. The number of halogens is 4. The zero-order chi connectivity index (χ0) is 18.7. The number of alkyl halides is 3. The van der Waals surface area contributed by atoms with E-state index in [4.69, 9.17) is 16.3 Å². The highest BCUT2D eigenvalue weighted by molar-refractivity contribution is 6.32. The van der Waals surface area contributed by atoms with Crippen LogP contribution < -0.4 is 10.2 Å². The molecular weight excluding hydrogens is 369 g/mol. The first kappa shape index (κ1) is 18.7. The van der Waals surface area contributed by atoms with E-state index in [1.165, 1.54) is 0 Å². The molecule has 3 heterocycles. The molecule has 3 rings (SSSR count). The first-order valence-electron chi connectivity index (χ1n) is 8.11. The van der Waals surface area contributed by atoms with Gasteiger partial charge in [0.1, 0.15) is 11.6 Å². The number of pyridine rings is 2. The number of anilines is 2. The smallest absolute Gasteiger partial charge is 0.375 e. The minimum Gasteiger partial charge on any atom is -0.375 e. The molecule has 0 bridgehead atoms. The Morgan fingerprint density at radius 2 is 2.12 bits per heavy atom. The third-order valence-corrected chi connectivity index (χ3v) is 4.29. The zero-order valence-corrected chi connectivity index (χ0v) is 14.8. The molecule has 1 atom stereocenters. The van der Waals surface area contributed by atoms with Crippen LogP contribution in [0.5, 0.6) is 0 Å². The highest BCUT2D eigenvalue weighted by Gasteiger charge is 2.31. The van der Waals surface area contributed by atoms with Crippen LogP contribution in [0.4, 0.5) is 24.8 Å². The highest BCUT2D eigenvalue weighted by atomic mass is 35.5. The maximum atomic E-state index is 12.6. The Bertz CT molecular complexity index is 755. The summed E-state index contributed by atoms with van der Waals surface area (Å²) >= 11 is 5.88. The minimum atomic E-state index is -4.47. The molecule has 1 N–H and O–H groups in total. The predicted octanol–water partition coefficient (Wildman–Crippen LogP) is 3.99. The van der Waals surface area contributed by atoms with Crippen LogP contribution in [0.15, 0.2) is 30.6 Å². The van der Waals surface area contributed by atoms with Crippen molar-refractivity contribution in [1.82, 2.24) is 9.97 Å². The fraction of sp³-hybridized carbons (Fsp3) is 0.412. The molecule has 26 heavy (non-hydrogen) atoms. The van der Waals surface area contributed by atoms with Crippen molar-refractivity contribution in [1.29, 1.82) is 0 Å². The van der Waals surface area contributed by atoms with Crippen molar-refractivity contribution in [3.05, 3.63) is 46.7 Å². The van der Waals surface area contributed by atoms with E-state index in [1.54, 1.807) is 6.20 Å². The van der Waals surface area contributed by atoms with Crippen LogP contribution in [-0.4, -0.2) is 35.8 Å². The summed E-state index contributed by atoms with van der Waals surface area (Å²) in [6.45, 7) is 4.62. The molecule has 1 aliphatic heterocycles. The van der Waals surface area contributed by atoms with Gasteiger partial charge in [-0.2, -0.15) is 13.2 Å². The second kappa shape index (κ2) is 7.67. The molecule has 2 aromatic rings. The van der Waals surface area contributed by atoms with Gasteiger partial charge >= 0.3 is 6.18 Å². The van der Waals surface area contributed by atoms with Crippen LogP contribution in [-0.2, 0) is 17.5 Å². The third-order valence-electron chi connectivity index (χ3n) is 4.00. The summed E-state index contributed by atoms with van der Waals surface area (Å²) < 4.78 is 43.4. The Balaban J connectivity index is 1.61. The molecule has 2 aromatic heterocycles. The third kappa shape index (κ3) is 4.56. The summed E-state index contributed by atoms with van der Waals surface area (Å²) in [4.78, 5) is 10.4. The van der Waals surface area contributed by atoms with Gasteiger partial charge in [-0.25, -0.2) is 9.97 Å². The SMILES string of the molecule is CC1CN(c2ccc(CNc3ncc(C(F)(F)F)cc3Cl)cn2)CCO1. The van der Waals surface area contributed by atoms with Crippen molar-refractivity contribution in [2.45, 2.75) is 25.7 Å². The Hall–Kier alpha value is -2.06. The number of hydrogen-bond acceptors (Lipinski definition) is 5. The maximum absolute atomic E-state index is 12.6. The summed E-state index contributed by atoms with van der Waals surface area (Å²) in [6, 6.07) is 4.68. The lowest BCUT2D eigenvalue weighted by Gasteiger charge is -2.32. The second-order valence-corrected chi connectivity index (χ2v) is 6.47. The van der Waals surface area contributed by atoms with Crippen LogP contribution in [0.1, 0.15) is 18.1 Å². The molecule has 140 valence electrons. The molecule has 0 saturated carbocycles. The molecule has 0 amide bonds. The van der Waals surface area contributed by atoms with Crippen LogP contribution in [0.2, 0.25) is 5.02 Å². The first-order valence-corrected chi connectivity index (χ1v) is 8.49. The second-order valence-electron chi connectivity index (χ2n) is 6.06. The fourth-order valence-electron chi connectivity index (χ4n) is 2.64. The number of aromatic nitrogens is 2. The van der Waals surface area contributed by atoms with Crippen LogP contribution in [0.25, 0.3) is 0 Å². The Morgan fingerprint density at radius 1 is 1.31 bits per heavy atom. The molecule has 1 aliphatic rings. The van der Waals surface area contributed by atoms with Crippen molar-refractivity contribution in [2.24, 2.45) is 0 Å². The molecule has 0 aliphatic carbocycles. The topological polar surface area (TPSA) is 50.3 Å². The van der Waals surface area contributed by atoms with Gasteiger partial charge in [-0.05, 0) is 24.6 Å². The summed E-state index contributed by atoms with van der Waals surface area (Å²) in [5.41, 5.74) is -0.00775. The van der Waals surface area contributed by atoms with Gasteiger partial charge < -0.3 is 15.0 Å². The normalized spacial score (nSPS) is 18.0. The van der Waals surface area contributed by atoms with Crippen molar-refractivity contribution in [2.75, 3.05) is 29.9 Å². The summed E-state index contributed by atoms with van der Waals surface area (Å²) in [5, 5.41) is 2.85. The molecular formula is C17H18ClF3N4O. The number of ether oxygens (including phenoxy) is 1. The molecule has 1 saturated heterocycles. The largest absolute Gasteiger partial charge is 0.417 e. The number of nitrogens with one attached hydrogen (secondary N) is 1. The van der Waals surface area contributed by atoms with Crippen LogP contribution in [0.3, 0.4) is 0 Å². The predicted molar refractivity (Wildman–Crippen MR) is 93.4 cm³/mol. The molecule has 0 radical (unpaired) electrons. The molecule has 5 nitrogen and oxygen atoms in total. The van der Waals surface area contributed by atoms with Crippen LogP contribution >= 0.6 is 11.6 Å². The van der Waals surface area contributed by atoms with Gasteiger partial charge in [0.25, 0.3) is 0 Å². The quantitative estimate of drug-likeness (QED) is 0.861. The van der Waals surface area contributed by atoms with Crippen molar-refractivity contribution in [3.63, 3.8) is 0 Å². The maximum Gasteiger partial charge on any atom is 0.417 e. The van der Waals surface area contributed by atoms with Gasteiger partial charge in [-0.3, -0.25) is 0 Å². The van der Waals surface area contributed by atoms with Gasteiger partial charge in [0.15, 0.2) is 0 Å². The van der Waals surface area contributed by atoms with E-state index in [0.717, 1.165) is 36.7 Å². The van der Waals surface area contributed by atoms with Crippen molar-refractivity contribution >= 4 is 23.2 Å². The van der Waals surface area contributed by atoms with Gasteiger partial charge in [0, 0.05) is 32.0 Å². The molecule has 1 unspecified atom stereocenters. The lowest BCUT2D eigenvalue weighted by atomic mass is 10.2. The minimum absolute atomic E-state index is 0.0771. The number of morpholine rings is 1. The van der Waals surface area contributed by atoms with Gasteiger partial charge in [0.2, 0.25) is 0 Å². The van der Waals surface area contributed by atoms with E-state index >= 15 is 0 Å². The van der Waals surface area contributed by atoms with E-state index in [2.05, 4.69) is 20.2 Å². The Labute approximate surface area is 154 Å². The Kier molecular flexibility index (Phi) is 5.52. The lowest BCUT2D eigenvalue weighted by molar-refractivity contribution is -0.137. The van der Waals surface area contributed by atoms with Crippen LogP contribution in [0, 0.1) is 0 Å². The van der Waals surface area contributed by atoms with Gasteiger partial charge in [-0.1, -0.05) is 17.7 Å². The van der Waals surface area contributed by atoms with E-state index in [-0.39, 0.29) is 16.9 Å². The summed E-state index contributed by atoms with van der Waals surface area (Å²) in [6.07, 6.45) is -1.82. The zero-order valence-electron chi connectivity index (χ0n) is 14.1. The van der Waals surface area contributed by atoms with E-state index < -0.39 is 11.7 Å². The summed E-state index contributed by atoms with van der Waals surface area (Å²) in [5.74, 6) is 1.07. The van der Waals surface area contributed by atoms with Gasteiger partial charge in [0.05, 0.1) is 23.3 Å². The lowest BCUT2D eigenvalue weighted by Crippen LogP contribution is -2.41. The van der Waals surface area contributed by atoms with E-state index in [0.29, 0.717) is 13.2 Å². The average molecular weight is 387 g/mol. The standard InChI is InChI=1S/C17H18ClF3N4O/c1-11-10-25(4-5-26-11)15-3-2-12(7-22-15)8-23-16-14(18)6-13(9-24-16)17(19,20)21/h2-3,6-7,9,11H,4-5,8,10H2,1H3,(H,23,24). The molecule has 9 heteroatoms. The molecule has 1 fully saturated rings. The fourth-order valence-corrected chi connectivity index (χ4v) is 2.88. The number of rotatable bonds is 4.